The van der Waals surface area contributed by atoms with E-state index in [4.69, 9.17) is 0 Å². The number of carbonyl (C=O) groups excluding carboxylic acids is 1. The number of nitrogens with one attached hydrogen (secondary N) is 1. The summed E-state index contributed by atoms with van der Waals surface area (Å²) >= 11 is 0. The van der Waals surface area contributed by atoms with Crippen molar-refractivity contribution in [3.63, 3.8) is 0 Å². The van der Waals surface area contributed by atoms with Gasteiger partial charge >= 0.3 is 0 Å². The van der Waals surface area contributed by atoms with Gasteiger partial charge < -0.3 is 5.32 Å². The summed E-state index contributed by atoms with van der Waals surface area (Å²) in [5.74, 6) is -0.00940. The Labute approximate surface area is 166 Å². The zero-order valence-electron chi connectivity index (χ0n) is 16.7. The Bertz CT molecular complexity index is 1130. The molecule has 0 saturated heterocycles. The van der Waals surface area contributed by atoms with Gasteiger partial charge in [0.2, 0.25) is 5.91 Å². The third-order valence-electron chi connectivity index (χ3n) is 5.11. The Hall–Kier alpha value is -2.60. The van der Waals surface area contributed by atoms with Gasteiger partial charge in [0.15, 0.2) is 0 Å². The van der Waals surface area contributed by atoms with E-state index < -0.39 is 10.0 Å². The fraction of sp³-hybridized carbons (Fsp3) is 0.318. The molecule has 0 spiro atoms. The van der Waals surface area contributed by atoms with Crippen LogP contribution in [-0.4, -0.2) is 25.3 Å². The van der Waals surface area contributed by atoms with Crippen LogP contribution in [0.25, 0.3) is 10.9 Å². The van der Waals surface area contributed by atoms with Gasteiger partial charge in [-0.05, 0) is 63.4 Å². The molecule has 0 aliphatic rings. The van der Waals surface area contributed by atoms with Crippen LogP contribution >= 0.6 is 0 Å². The van der Waals surface area contributed by atoms with Crippen LogP contribution in [0.15, 0.2) is 47.4 Å². The van der Waals surface area contributed by atoms with Crippen molar-refractivity contribution in [2.75, 3.05) is 7.05 Å². The SMILES string of the molecule is CNC(=O)CCCc1c(C)n(S(=O)(=O)c2ccc(C)cc2)c2ccc(C)cc12. The van der Waals surface area contributed by atoms with E-state index in [0.717, 1.165) is 22.1 Å². The zero-order chi connectivity index (χ0) is 20.5. The number of aromatic nitrogens is 1. The Morgan fingerprint density at radius 1 is 1.00 bits per heavy atom. The van der Waals surface area contributed by atoms with Crippen LogP contribution in [0.5, 0.6) is 0 Å². The van der Waals surface area contributed by atoms with Crippen molar-refractivity contribution in [1.82, 2.24) is 9.29 Å². The molecular weight excluding hydrogens is 372 g/mol. The predicted molar refractivity (Wildman–Crippen MR) is 112 cm³/mol. The summed E-state index contributed by atoms with van der Waals surface area (Å²) < 4.78 is 28.3. The average Bonchev–Trinajstić information content (AvgIpc) is 2.93. The molecule has 0 aliphatic heterocycles. The lowest BCUT2D eigenvalue weighted by molar-refractivity contribution is -0.120. The van der Waals surface area contributed by atoms with Crippen molar-refractivity contribution in [3.05, 3.63) is 64.8 Å². The molecule has 0 fully saturated rings. The second-order valence-corrected chi connectivity index (χ2v) is 8.98. The number of aryl methyl sites for hydroxylation is 3. The van der Waals surface area contributed by atoms with Gasteiger partial charge in [0.05, 0.1) is 10.4 Å². The maximum Gasteiger partial charge on any atom is 0.268 e. The molecule has 28 heavy (non-hydrogen) atoms. The van der Waals surface area contributed by atoms with Crippen molar-refractivity contribution in [1.29, 1.82) is 0 Å². The number of carbonyl (C=O) groups is 1. The average molecular weight is 399 g/mol. The van der Waals surface area contributed by atoms with Crippen molar-refractivity contribution < 1.29 is 13.2 Å². The molecule has 1 aromatic heterocycles. The predicted octanol–water partition coefficient (Wildman–Crippen LogP) is 3.87. The summed E-state index contributed by atoms with van der Waals surface area (Å²) in [4.78, 5) is 11.8. The highest BCUT2D eigenvalue weighted by Crippen LogP contribution is 2.32. The van der Waals surface area contributed by atoms with Crippen LogP contribution in [0.1, 0.15) is 35.2 Å². The van der Waals surface area contributed by atoms with Gasteiger partial charge in [-0.2, -0.15) is 0 Å². The third-order valence-corrected chi connectivity index (χ3v) is 6.93. The Morgan fingerprint density at radius 3 is 2.29 bits per heavy atom. The molecular formula is C22H26N2O3S. The van der Waals surface area contributed by atoms with Gasteiger partial charge in [-0.1, -0.05) is 29.3 Å². The van der Waals surface area contributed by atoms with E-state index in [1.807, 2.05) is 51.1 Å². The number of amides is 1. The lowest BCUT2D eigenvalue weighted by Crippen LogP contribution is -2.17. The van der Waals surface area contributed by atoms with Gasteiger partial charge in [-0.15, -0.1) is 0 Å². The Morgan fingerprint density at radius 2 is 1.64 bits per heavy atom. The van der Waals surface area contributed by atoms with Gasteiger partial charge in [0.1, 0.15) is 0 Å². The van der Waals surface area contributed by atoms with Gasteiger partial charge in [0.25, 0.3) is 10.0 Å². The number of rotatable bonds is 6. The van der Waals surface area contributed by atoms with E-state index in [1.165, 1.54) is 3.97 Å². The lowest BCUT2D eigenvalue weighted by atomic mass is 10.0. The number of hydrogen-bond acceptors (Lipinski definition) is 3. The molecule has 0 aliphatic carbocycles. The number of nitrogens with zero attached hydrogens (tertiary/aromatic N) is 1. The molecule has 1 amide bonds. The monoisotopic (exact) mass is 398 g/mol. The molecule has 5 nitrogen and oxygen atoms in total. The first-order valence-electron chi connectivity index (χ1n) is 9.39. The summed E-state index contributed by atoms with van der Waals surface area (Å²) in [6.45, 7) is 5.77. The summed E-state index contributed by atoms with van der Waals surface area (Å²) in [5.41, 5.74) is 4.46. The summed E-state index contributed by atoms with van der Waals surface area (Å²) in [6, 6.07) is 12.7. The van der Waals surface area contributed by atoms with Crippen LogP contribution in [0.2, 0.25) is 0 Å². The van der Waals surface area contributed by atoms with Gasteiger partial charge in [-0.25, -0.2) is 12.4 Å². The molecule has 3 rings (SSSR count). The first kappa shape index (κ1) is 20.1. The summed E-state index contributed by atoms with van der Waals surface area (Å²) in [7, 11) is -2.09. The molecule has 0 atom stereocenters. The number of hydrogen-bond donors (Lipinski definition) is 1. The molecule has 6 heteroatoms. The first-order valence-corrected chi connectivity index (χ1v) is 10.8. The highest BCUT2D eigenvalue weighted by atomic mass is 32.2. The molecule has 1 N–H and O–H groups in total. The standard InChI is InChI=1S/C22H26N2O3S/c1-15-8-11-18(12-9-15)28(26,27)24-17(3)19(6-5-7-22(25)23-4)20-14-16(2)10-13-21(20)24/h8-14H,5-7H2,1-4H3,(H,23,25). The van der Waals surface area contributed by atoms with E-state index in [-0.39, 0.29) is 10.8 Å². The van der Waals surface area contributed by atoms with E-state index in [2.05, 4.69) is 5.32 Å². The molecule has 2 aromatic carbocycles. The fourth-order valence-electron chi connectivity index (χ4n) is 3.56. The fourth-order valence-corrected chi connectivity index (χ4v) is 5.14. The second-order valence-electron chi connectivity index (χ2n) is 7.19. The maximum absolute atomic E-state index is 13.4. The maximum atomic E-state index is 13.4. The van der Waals surface area contributed by atoms with Crippen LogP contribution in [0.3, 0.4) is 0 Å². The number of benzene rings is 2. The quantitative estimate of drug-likeness (QED) is 0.685. The van der Waals surface area contributed by atoms with Crippen molar-refractivity contribution in [2.24, 2.45) is 0 Å². The summed E-state index contributed by atoms with van der Waals surface area (Å²) in [5, 5.41) is 3.56. The van der Waals surface area contributed by atoms with E-state index in [9.17, 15) is 13.2 Å². The molecule has 0 radical (unpaired) electrons. The van der Waals surface area contributed by atoms with Gasteiger partial charge in [0, 0.05) is 24.5 Å². The summed E-state index contributed by atoms with van der Waals surface area (Å²) in [6.07, 6.45) is 1.73. The molecule has 0 unspecified atom stereocenters. The highest BCUT2D eigenvalue weighted by Gasteiger charge is 2.24. The van der Waals surface area contributed by atoms with Crippen molar-refractivity contribution >= 4 is 26.8 Å². The van der Waals surface area contributed by atoms with E-state index in [0.29, 0.717) is 30.5 Å². The topological polar surface area (TPSA) is 68.2 Å². The van der Waals surface area contributed by atoms with Crippen molar-refractivity contribution in [2.45, 2.75) is 44.9 Å². The van der Waals surface area contributed by atoms with E-state index >= 15 is 0 Å². The van der Waals surface area contributed by atoms with Crippen LogP contribution in [0, 0.1) is 20.8 Å². The highest BCUT2D eigenvalue weighted by molar-refractivity contribution is 7.90. The molecule has 3 aromatic rings. The minimum Gasteiger partial charge on any atom is -0.359 e. The third kappa shape index (κ3) is 3.69. The minimum absolute atomic E-state index is 0.00940. The van der Waals surface area contributed by atoms with Crippen molar-refractivity contribution in [3.8, 4) is 0 Å². The second kappa shape index (κ2) is 7.80. The van der Waals surface area contributed by atoms with Crippen LogP contribution in [-0.2, 0) is 21.2 Å². The smallest absolute Gasteiger partial charge is 0.268 e. The molecule has 0 saturated carbocycles. The Kier molecular flexibility index (Phi) is 5.61. The zero-order valence-corrected chi connectivity index (χ0v) is 17.6. The molecule has 0 bridgehead atoms. The first-order chi connectivity index (χ1) is 13.3. The van der Waals surface area contributed by atoms with Crippen LogP contribution in [0.4, 0.5) is 0 Å². The van der Waals surface area contributed by atoms with Gasteiger partial charge in [-0.3, -0.25) is 4.79 Å². The number of fused-ring (bicyclic) bond motifs is 1. The Balaban J connectivity index is 2.14. The normalized spacial score (nSPS) is 11.7. The van der Waals surface area contributed by atoms with E-state index in [1.54, 1.807) is 19.2 Å². The largest absolute Gasteiger partial charge is 0.359 e. The molecule has 1 heterocycles. The van der Waals surface area contributed by atoms with Crippen LogP contribution < -0.4 is 5.32 Å². The lowest BCUT2D eigenvalue weighted by Gasteiger charge is -2.11. The molecule has 148 valence electrons. The minimum atomic E-state index is -3.71.